The summed E-state index contributed by atoms with van der Waals surface area (Å²) in [5, 5.41) is 19.0. The highest BCUT2D eigenvalue weighted by Gasteiger charge is 2.25. The van der Waals surface area contributed by atoms with Crippen molar-refractivity contribution in [2.24, 2.45) is 0 Å². The highest BCUT2D eigenvalue weighted by Crippen LogP contribution is 2.24. The Bertz CT molecular complexity index is 624. The molecule has 0 radical (unpaired) electrons. The molecule has 1 aromatic carbocycles. The minimum Gasteiger partial charge on any atom is -0.258 e. The van der Waals surface area contributed by atoms with Gasteiger partial charge in [-0.1, -0.05) is 0 Å². The van der Waals surface area contributed by atoms with Gasteiger partial charge in [0.05, 0.1) is 17.1 Å². The van der Waals surface area contributed by atoms with Crippen molar-refractivity contribution < 1.29 is 17.7 Å². The maximum absolute atomic E-state index is 12.9. The van der Waals surface area contributed by atoms with Gasteiger partial charge in [0.2, 0.25) is 10.0 Å². The molecule has 0 unspecified atom stereocenters. The van der Waals surface area contributed by atoms with Crippen LogP contribution in [0.2, 0.25) is 0 Å². The van der Waals surface area contributed by atoms with Crippen molar-refractivity contribution in [2.75, 3.05) is 6.54 Å². The Balaban J connectivity index is 3.01. The number of hydrogen-bond acceptors (Lipinski definition) is 5. The van der Waals surface area contributed by atoms with Gasteiger partial charge < -0.3 is 0 Å². The maximum atomic E-state index is 12.9. The SMILES string of the molecule is N#CCCCNS(=O)(=O)c1ccc(F)cc1[N+](=O)[O-]. The van der Waals surface area contributed by atoms with E-state index in [1.807, 2.05) is 6.07 Å². The van der Waals surface area contributed by atoms with Gasteiger partial charge in [-0.15, -0.1) is 0 Å². The maximum Gasteiger partial charge on any atom is 0.292 e. The van der Waals surface area contributed by atoms with Gasteiger partial charge in [-0.3, -0.25) is 10.1 Å². The van der Waals surface area contributed by atoms with Crippen LogP contribution in [0.5, 0.6) is 0 Å². The van der Waals surface area contributed by atoms with Gasteiger partial charge in [0, 0.05) is 13.0 Å². The number of sulfonamides is 1. The fourth-order valence-electron chi connectivity index (χ4n) is 1.31. The first-order chi connectivity index (χ1) is 8.88. The Hall–Kier alpha value is -2.05. The Morgan fingerprint density at radius 1 is 1.47 bits per heavy atom. The molecule has 0 atom stereocenters. The number of nitriles is 1. The van der Waals surface area contributed by atoms with Gasteiger partial charge in [0.15, 0.2) is 4.90 Å². The number of rotatable bonds is 6. The van der Waals surface area contributed by atoms with E-state index >= 15 is 0 Å². The lowest BCUT2D eigenvalue weighted by Gasteiger charge is -2.06. The second kappa shape index (κ2) is 6.21. The second-order valence-corrected chi connectivity index (χ2v) is 5.26. The van der Waals surface area contributed by atoms with Crippen LogP contribution in [0.15, 0.2) is 23.1 Å². The molecule has 1 N–H and O–H groups in total. The monoisotopic (exact) mass is 287 g/mol. The van der Waals surface area contributed by atoms with Crippen molar-refractivity contribution in [1.82, 2.24) is 4.72 Å². The van der Waals surface area contributed by atoms with E-state index < -0.39 is 31.3 Å². The van der Waals surface area contributed by atoms with Crippen LogP contribution in [0, 0.1) is 27.3 Å². The van der Waals surface area contributed by atoms with Gasteiger partial charge >= 0.3 is 0 Å². The third-order valence-corrected chi connectivity index (χ3v) is 3.67. The molecule has 7 nitrogen and oxygen atoms in total. The number of halogens is 1. The van der Waals surface area contributed by atoms with Crippen LogP contribution in [0.4, 0.5) is 10.1 Å². The molecule has 9 heteroatoms. The fourth-order valence-corrected chi connectivity index (χ4v) is 2.54. The van der Waals surface area contributed by atoms with Crippen LogP contribution in [0.25, 0.3) is 0 Å². The van der Waals surface area contributed by atoms with Crippen molar-refractivity contribution in [3.05, 3.63) is 34.1 Å². The van der Waals surface area contributed by atoms with Crippen LogP contribution in [0.3, 0.4) is 0 Å². The number of nitro benzene ring substituents is 1. The lowest BCUT2D eigenvalue weighted by molar-refractivity contribution is -0.388. The first-order valence-electron chi connectivity index (χ1n) is 5.19. The Labute approximate surface area is 108 Å². The molecule has 0 bridgehead atoms. The summed E-state index contributed by atoms with van der Waals surface area (Å²) in [6.07, 6.45) is 0.443. The van der Waals surface area contributed by atoms with Crippen molar-refractivity contribution in [3.8, 4) is 6.07 Å². The first kappa shape index (κ1) is 15.0. The van der Waals surface area contributed by atoms with Crippen molar-refractivity contribution >= 4 is 15.7 Å². The molecule has 0 aliphatic rings. The summed E-state index contributed by atoms with van der Waals surface area (Å²) >= 11 is 0. The highest BCUT2D eigenvalue weighted by molar-refractivity contribution is 7.89. The Kier molecular flexibility index (Phi) is 4.91. The summed E-state index contributed by atoms with van der Waals surface area (Å²) in [5.74, 6) is -0.893. The summed E-state index contributed by atoms with van der Waals surface area (Å²) in [6.45, 7) is -0.0234. The summed E-state index contributed by atoms with van der Waals surface area (Å²) in [6, 6.07) is 4.05. The van der Waals surface area contributed by atoms with E-state index in [-0.39, 0.29) is 19.4 Å². The number of nitro groups is 1. The van der Waals surface area contributed by atoms with Crippen LogP contribution >= 0.6 is 0 Å². The molecule has 0 fully saturated rings. The second-order valence-electron chi connectivity index (χ2n) is 3.53. The van der Waals surface area contributed by atoms with Gasteiger partial charge in [0.25, 0.3) is 5.69 Å². The highest BCUT2D eigenvalue weighted by atomic mass is 32.2. The predicted octanol–water partition coefficient (Wildman–Crippen LogP) is 1.32. The smallest absolute Gasteiger partial charge is 0.258 e. The predicted molar refractivity (Wildman–Crippen MR) is 63.1 cm³/mol. The summed E-state index contributed by atoms with van der Waals surface area (Å²) in [4.78, 5) is 9.13. The Morgan fingerprint density at radius 2 is 2.16 bits per heavy atom. The minimum absolute atomic E-state index is 0.0234. The van der Waals surface area contributed by atoms with E-state index in [0.29, 0.717) is 6.07 Å². The topological polar surface area (TPSA) is 113 Å². The van der Waals surface area contributed by atoms with Crippen LogP contribution in [-0.2, 0) is 10.0 Å². The van der Waals surface area contributed by atoms with E-state index in [9.17, 15) is 22.9 Å². The molecule has 0 amide bonds. The molecule has 0 aliphatic carbocycles. The molecule has 1 rings (SSSR count). The average Bonchev–Trinajstić information content (AvgIpc) is 2.34. The van der Waals surface area contributed by atoms with E-state index in [1.54, 1.807) is 0 Å². The zero-order valence-corrected chi connectivity index (χ0v) is 10.5. The minimum atomic E-state index is -4.10. The third-order valence-electron chi connectivity index (χ3n) is 2.16. The molecule has 0 heterocycles. The third kappa shape index (κ3) is 3.97. The van der Waals surface area contributed by atoms with E-state index in [0.717, 1.165) is 12.1 Å². The molecule has 0 saturated carbocycles. The molecule has 0 aromatic heterocycles. The lowest BCUT2D eigenvalue weighted by Crippen LogP contribution is -2.25. The Morgan fingerprint density at radius 3 is 2.74 bits per heavy atom. The van der Waals surface area contributed by atoms with Gasteiger partial charge in [-0.25, -0.2) is 17.5 Å². The summed E-state index contributed by atoms with van der Waals surface area (Å²) in [5.41, 5.74) is -0.826. The van der Waals surface area contributed by atoms with Crippen molar-refractivity contribution in [2.45, 2.75) is 17.7 Å². The van der Waals surface area contributed by atoms with Gasteiger partial charge in [-0.05, 0) is 18.6 Å². The van der Waals surface area contributed by atoms with Gasteiger partial charge in [0.1, 0.15) is 5.82 Å². The molecular formula is C10H10FN3O4S. The normalized spacial score (nSPS) is 10.9. The number of benzene rings is 1. The van der Waals surface area contributed by atoms with Crippen LogP contribution < -0.4 is 4.72 Å². The standard InChI is InChI=1S/C10H10FN3O4S/c11-8-3-4-10(9(7-8)14(15)16)19(17,18)13-6-2-1-5-12/h3-4,7,13H,1-2,6H2. The number of nitrogens with zero attached hydrogens (tertiary/aromatic N) is 2. The van der Waals surface area contributed by atoms with E-state index in [4.69, 9.17) is 5.26 Å². The zero-order chi connectivity index (χ0) is 14.5. The number of nitrogens with one attached hydrogen (secondary N) is 1. The largest absolute Gasteiger partial charge is 0.292 e. The molecule has 0 saturated heterocycles. The average molecular weight is 287 g/mol. The number of hydrogen-bond donors (Lipinski definition) is 1. The van der Waals surface area contributed by atoms with Crippen molar-refractivity contribution in [1.29, 1.82) is 5.26 Å². The zero-order valence-electron chi connectivity index (χ0n) is 9.67. The fraction of sp³-hybridized carbons (Fsp3) is 0.300. The molecule has 1 aromatic rings. The summed E-state index contributed by atoms with van der Waals surface area (Å²) in [7, 11) is -4.10. The number of unbranched alkanes of at least 4 members (excludes halogenated alkanes) is 1. The van der Waals surface area contributed by atoms with Gasteiger partial charge in [-0.2, -0.15) is 5.26 Å². The molecule has 0 aliphatic heterocycles. The van der Waals surface area contributed by atoms with Crippen molar-refractivity contribution in [3.63, 3.8) is 0 Å². The first-order valence-corrected chi connectivity index (χ1v) is 6.67. The lowest BCUT2D eigenvalue weighted by atomic mass is 10.3. The van der Waals surface area contributed by atoms with Crippen LogP contribution in [0.1, 0.15) is 12.8 Å². The van der Waals surface area contributed by atoms with E-state index in [2.05, 4.69) is 4.72 Å². The van der Waals surface area contributed by atoms with Crippen LogP contribution in [-0.4, -0.2) is 19.9 Å². The molecular weight excluding hydrogens is 277 g/mol. The molecule has 19 heavy (non-hydrogen) atoms. The molecule has 102 valence electrons. The summed E-state index contributed by atoms with van der Waals surface area (Å²) < 4.78 is 38.6. The van der Waals surface area contributed by atoms with E-state index in [1.165, 1.54) is 0 Å². The quantitative estimate of drug-likeness (QED) is 0.481. The molecule has 0 spiro atoms.